The minimum Gasteiger partial charge on any atom is -0.507 e. The third kappa shape index (κ3) is 5.52. The number of aromatic nitrogens is 2. The fourth-order valence-electron chi connectivity index (χ4n) is 4.33. The molecule has 39 heavy (non-hydrogen) atoms. The smallest absolute Gasteiger partial charge is 0.240 e. The first-order valence-electron chi connectivity index (χ1n) is 12.0. The first-order valence-corrected chi connectivity index (χ1v) is 14.3. The Balaban J connectivity index is 1.31. The molecule has 0 radical (unpaired) electrons. The van der Waals surface area contributed by atoms with Gasteiger partial charge < -0.3 is 10.4 Å². The molecule has 0 amide bonds. The molecule has 3 aromatic carbocycles. The van der Waals surface area contributed by atoms with Gasteiger partial charge in [0, 0.05) is 18.7 Å². The summed E-state index contributed by atoms with van der Waals surface area (Å²) >= 11 is 3.60. The summed E-state index contributed by atoms with van der Waals surface area (Å²) in [5.74, 6) is 0.968. The number of fused-ring (bicyclic) bond motifs is 1. The van der Waals surface area contributed by atoms with E-state index >= 15 is 0 Å². The van der Waals surface area contributed by atoms with Crippen LogP contribution in [-0.4, -0.2) is 23.1 Å². The zero-order valence-electron chi connectivity index (χ0n) is 20.9. The summed E-state index contributed by atoms with van der Waals surface area (Å²) in [7, 11) is -3.70. The molecule has 5 aromatic rings. The summed E-state index contributed by atoms with van der Waals surface area (Å²) in [6.07, 6.45) is 1.75. The predicted molar refractivity (Wildman–Crippen MR) is 154 cm³/mol. The first-order chi connectivity index (χ1) is 18.8. The van der Waals surface area contributed by atoms with Gasteiger partial charge >= 0.3 is 0 Å². The number of benzene rings is 3. The van der Waals surface area contributed by atoms with Crippen molar-refractivity contribution in [2.45, 2.75) is 24.9 Å². The molecule has 2 heterocycles. The van der Waals surface area contributed by atoms with Crippen molar-refractivity contribution < 1.29 is 13.5 Å². The molecular formula is C29H24BrN5O3S. The molecule has 2 aromatic heterocycles. The van der Waals surface area contributed by atoms with Gasteiger partial charge in [0.25, 0.3) is 0 Å². The Morgan fingerprint density at radius 1 is 0.974 bits per heavy atom. The molecule has 0 fully saturated rings. The monoisotopic (exact) mass is 601 g/mol. The van der Waals surface area contributed by atoms with Crippen LogP contribution in [0.5, 0.6) is 5.75 Å². The van der Waals surface area contributed by atoms with E-state index in [0.29, 0.717) is 12.1 Å². The zero-order chi connectivity index (χ0) is 27.6. The number of hydrogen-bond donors (Lipinski definition) is 3. The summed E-state index contributed by atoms with van der Waals surface area (Å²) in [5, 5.41) is 27.3. The number of nitriles is 1. The van der Waals surface area contributed by atoms with Gasteiger partial charge in [-0.05, 0) is 81.5 Å². The van der Waals surface area contributed by atoms with Crippen LogP contribution in [-0.2, 0) is 23.1 Å². The van der Waals surface area contributed by atoms with Crippen molar-refractivity contribution in [2.75, 3.05) is 5.32 Å². The van der Waals surface area contributed by atoms with Crippen LogP contribution in [0, 0.1) is 18.3 Å². The topological polar surface area (TPSA) is 120 Å². The lowest BCUT2D eigenvalue weighted by atomic mass is 10.00. The molecule has 0 aliphatic heterocycles. The number of halogens is 1. The summed E-state index contributed by atoms with van der Waals surface area (Å²) in [6.45, 7) is 2.65. The second-order valence-corrected chi connectivity index (χ2v) is 11.6. The summed E-state index contributed by atoms with van der Waals surface area (Å²) in [6, 6.07) is 24.6. The first kappa shape index (κ1) is 26.4. The fourth-order valence-corrected chi connectivity index (χ4v) is 5.90. The van der Waals surface area contributed by atoms with Crippen LogP contribution >= 0.6 is 15.9 Å². The molecule has 0 aliphatic rings. The molecule has 0 aliphatic carbocycles. The summed E-state index contributed by atoms with van der Waals surface area (Å²) in [5.41, 5.74) is 5.74. The molecule has 8 nitrogen and oxygen atoms in total. The van der Waals surface area contributed by atoms with Gasteiger partial charge in [-0.15, -0.1) is 0 Å². The molecule has 196 valence electrons. The lowest BCUT2D eigenvalue weighted by Gasteiger charge is -2.16. The summed E-state index contributed by atoms with van der Waals surface area (Å²) in [4.78, 5) is 0.111. The van der Waals surface area contributed by atoms with E-state index in [4.69, 9.17) is 5.26 Å². The molecular weight excluding hydrogens is 578 g/mol. The molecule has 5 rings (SSSR count). The van der Waals surface area contributed by atoms with Crippen molar-refractivity contribution in [3.8, 4) is 22.9 Å². The van der Waals surface area contributed by atoms with E-state index in [1.54, 1.807) is 18.3 Å². The maximum Gasteiger partial charge on any atom is 0.240 e. The lowest BCUT2D eigenvalue weighted by Crippen LogP contribution is -2.23. The average Bonchev–Trinajstić information content (AvgIpc) is 3.35. The van der Waals surface area contributed by atoms with Gasteiger partial charge in [0.2, 0.25) is 10.0 Å². The van der Waals surface area contributed by atoms with Crippen LogP contribution < -0.4 is 10.0 Å². The molecule has 0 bridgehead atoms. The van der Waals surface area contributed by atoms with Gasteiger partial charge in [0.05, 0.1) is 32.7 Å². The molecule has 0 spiro atoms. The Labute approximate surface area is 234 Å². The maximum atomic E-state index is 12.6. The van der Waals surface area contributed by atoms with Crippen LogP contribution in [0.1, 0.15) is 22.3 Å². The fraction of sp³-hybridized carbons (Fsp3) is 0.103. The largest absolute Gasteiger partial charge is 0.507 e. The van der Waals surface area contributed by atoms with Gasteiger partial charge in [-0.3, -0.25) is 0 Å². The van der Waals surface area contributed by atoms with Gasteiger partial charge in [0.1, 0.15) is 11.6 Å². The highest BCUT2D eigenvalue weighted by Crippen LogP contribution is 2.37. The number of aryl methyl sites for hydroxylation is 1. The van der Waals surface area contributed by atoms with Crippen molar-refractivity contribution in [1.82, 2.24) is 14.3 Å². The number of nitrogens with zero attached hydrogens (tertiary/aromatic N) is 3. The van der Waals surface area contributed by atoms with Gasteiger partial charge in [-0.2, -0.15) is 10.4 Å². The van der Waals surface area contributed by atoms with Crippen molar-refractivity contribution >= 4 is 37.3 Å². The Hall–Kier alpha value is -4.17. The van der Waals surface area contributed by atoms with Gasteiger partial charge in [-0.25, -0.2) is 17.7 Å². The standard InChI is InChI=1S/C29H24BrN5O3S/c1-19-25(24-4-2-3-5-27(24)36)14-28(35-29(19)26(30)18-33-35)32-16-21-6-8-22(9-7-21)17-34-39(37,38)23-12-10-20(15-31)11-13-23/h2-14,18,32,34,36H,16-17H2,1H3. The van der Waals surface area contributed by atoms with E-state index in [2.05, 4.69) is 31.1 Å². The molecule has 10 heteroatoms. The number of sulfonamides is 1. The number of rotatable bonds is 8. The normalized spacial score (nSPS) is 11.4. The number of pyridine rings is 1. The van der Waals surface area contributed by atoms with E-state index in [-0.39, 0.29) is 17.2 Å². The Bertz CT molecular complexity index is 1810. The zero-order valence-corrected chi connectivity index (χ0v) is 23.3. The van der Waals surface area contributed by atoms with Gasteiger partial charge in [-0.1, -0.05) is 42.5 Å². The molecule has 3 N–H and O–H groups in total. The molecule has 0 unspecified atom stereocenters. The average molecular weight is 603 g/mol. The minimum absolute atomic E-state index is 0.111. The van der Waals surface area contributed by atoms with Crippen molar-refractivity contribution in [3.05, 3.63) is 112 Å². The number of phenols is 1. The highest BCUT2D eigenvalue weighted by atomic mass is 79.9. The van der Waals surface area contributed by atoms with E-state index < -0.39 is 10.0 Å². The van der Waals surface area contributed by atoms with Crippen molar-refractivity contribution in [3.63, 3.8) is 0 Å². The summed E-state index contributed by atoms with van der Waals surface area (Å²) < 4.78 is 30.4. The lowest BCUT2D eigenvalue weighted by molar-refractivity contribution is 0.477. The van der Waals surface area contributed by atoms with Crippen LogP contribution in [0.25, 0.3) is 16.6 Å². The Morgan fingerprint density at radius 3 is 2.31 bits per heavy atom. The van der Waals surface area contributed by atoms with Crippen molar-refractivity contribution in [1.29, 1.82) is 5.26 Å². The second-order valence-electron chi connectivity index (χ2n) is 8.97. The van der Waals surface area contributed by atoms with Crippen LogP contribution in [0.3, 0.4) is 0 Å². The van der Waals surface area contributed by atoms with Gasteiger partial charge in [0.15, 0.2) is 0 Å². The van der Waals surface area contributed by atoms with E-state index in [1.807, 2.05) is 60.0 Å². The van der Waals surface area contributed by atoms with Crippen LogP contribution in [0.15, 0.2) is 94.4 Å². The number of anilines is 1. The number of nitrogens with one attached hydrogen (secondary N) is 2. The third-order valence-corrected chi connectivity index (χ3v) is 8.44. The molecule has 0 saturated carbocycles. The highest BCUT2D eigenvalue weighted by molar-refractivity contribution is 9.10. The Kier molecular flexibility index (Phi) is 7.39. The van der Waals surface area contributed by atoms with Crippen LogP contribution in [0.4, 0.5) is 5.82 Å². The molecule has 0 saturated heterocycles. The number of aromatic hydroxyl groups is 1. The Morgan fingerprint density at radius 2 is 1.64 bits per heavy atom. The maximum absolute atomic E-state index is 12.6. The van der Waals surface area contributed by atoms with E-state index in [0.717, 1.165) is 43.6 Å². The van der Waals surface area contributed by atoms with E-state index in [9.17, 15) is 13.5 Å². The predicted octanol–water partition coefficient (Wildman–Crippen LogP) is 5.74. The van der Waals surface area contributed by atoms with E-state index in [1.165, 1.54) is 24.3 Å². The quantitative estimate of drug-likeness (QED) is 0.209. The number of para-hydroxylation sites is 1. The third-order valence-electron chi connectivity index (χ3n) is 6.44. The minimum atomic E-state index is -3.70. The van der Waals surface area contributed by atoms with Crippen molar-refractivity contribution in [2.24, 2.45) is 0 Å². The molecule has 0 atom stereocenters. The van der Waals surface area contributed by atoms with Crippen LogP contribution in [0.2, 0.25) is 0 Å². The SMILES string of the molecule is Cc1c(-c2ccccc2O)cc(NCc2ccc(CNS(=O)(=O)c3ccc(C#N)cc3)cc2)n2ncc(Br)c12. The number of phenolic OH excluding ortho intramolecular Hbond substituents is 1. The number of hydrogen-bond acceptors (Lipinski definition) is 6. The highest BCUT2D eigenvalue weighted by Gasteiger charge is 2.17. The second kappa shape index (κ2) is 10.9.